The van der Waals surface area contributed by atoms with Gasteiger partial charge in [0.1, 0.15) is 22.7 Å². The molecular weight excluding hydrogens is 368 g/mol. The maximum Gasteiger partial charge on any atom is 0.257 e. The predicted octanol–water partition coefficient (Wildman–Crippen LogP) is 4.59. The highest BCUT2D eigenvalue weighted by molar-refractivity contribution is 5.96. The van der Waals surface area contributed by atoms with E-state index >= 15 is 0 Å². The number of para-hydroxylation sites is 1. The van der Waals surface area contributed by atoms with E-state index in [4.69, 9.17) is 13.6 Å². The first-order valence-electron chi connectivity index (χ1n) is 9.34. The van der Waals surface area contributed by atoms with Gasteiger partial charge in [0.2, 0.25) is 5.55 Å². The number of nitrogens with one attached hydrogen (secondary N) is 1. The Morgan fingerprint density at radius 3 is 2.66 bits per heavy atom. The second kappa shape index (κ2) is 8.48. The van der Waals surface area contributed by atoms with E-state index in [2.05, 4.69) is 10.3 Å². The van der Waals surface area contributed by atoms with Crippen molar-refractivity contribution in [2.75, 3.05) is 6.61 Å². The largest absolute Gasteiger partial charge is 0.494 e. The number of carbonyl (C=O) groups excluding carboxylic acids is 1. The lowest BCUT2D eigenvalue weighted by Crippen LogP contribution is -2.28. The van der Waals surface area contributed by atoms with Gasteiger partial charge in [0, 0.05) is 5.39 Å². The molecule has 146 valence electrons. The molecule has 0 atom stereocenters. The normalized spacial score (nSPS) is 11.6. The van der Waals surface area contributed by atoms with Gasteiger partial charge in [-0.15, -0.1) is 0 Å². The Labute approximate surface area is 167 Å². The van der Waals surface area contributed by atoms with Crippen LogP contribution >= 0.6 is 0 Å². The maximum atomic E-state index is 12.8. The molecule has 0 saturated heterocycles. The van der Waals surface area contributed by atoms with Crippen LogP contribution < -0.4 is 15.6 Å². The number of hydrogen-bond donors (Lipinski definition) is 1. The SMILES string of the molecule is CCOc1ccc(N=c2oc3ccccc3cc2C(=O)NCc2ccco2)cc1. The van der Waals surface area contributed by atoms with Gasteiger partial charge < -0.3 is 18.9 Å². The number of amides is 1. The number of furan rings is 1. The van der Waals surface area contributed by atoms with Gasteiger partial charge in [0.05, 0.1) is 25.1 Å². The van der Waals surface area contributed by atoms with E-state index in [-0.39, 0.29) is 18.0 Å². The van der Waals surface area contributed by atoms with Crippen molar-refractivity contribution in [3.8, 4) is 5.75 Å². The van der Waals surface area contributed by atoms with Crippen LogP contribution in [0.4, 0.5) is 5.69 Å². The standard InChI is InChI=1S/C23H20N2O4/c1-2-27-18-11-9-17(10-12-18)25-23-20(14-16-6-3-4-8-21(16)29-23)22(26)24-15-19-7-5-13-28-19/h3-14H,2,15H2,1H3,(H,24,26). The molecule has 2 aromatic carbocycles. The van der Waals surface area contributed by atoms with E-state index in [1.165, 1.54) is 0 Å². The minimum absolute atomic E-state index is 0.241. The number of hydrogen-bond acceptors (Lipinski definition) is 5. The molecule has 1 N–H and O–H groups in total. The van der Waals surface area contributed by atoms with Crippen LogP contribution in [0.3, 0.4) is 0 Å². The monoisotopic (exact) mass is 388 g/mol. The molecule has 29 heavy (non-hydrogen) atoms. The van der Waals surface area contributed by atoms with Gasteiger partial charge in [0.15, 0.2) is 0 Å². The van der Waals surface area contributed by atoms with E-state index < -0.39 is 0 Å². The van der Waals surface area contributed by atoms with Crippen LogP contribution in [0.5, 0.6) is 5.75 Å². The van der Waals surface area contributed by atoms with Crippen molar-refractivity contribution in [1.29, 1.82) is 0 Å². The zero-order valence-electron chi connectivity index (χ0n) is 15.9. The molecule has 0 aliphatic rings. The van der Waals surface area contributed by atoms with Crippen molar-refractivity contribution >= 4 is 22.6 Å². The van der Waals surface area contributed by atoms with E-state index in [9.17, 15) is 4.79 Å². The lowest BCUT2D eigenvalue weighted by molar-refractivity contribution is 0.0944. The quantitative estimate of drug-likeness (QED) is 0.524. The summed E-state index contributed by atoms with van der Waals surface area (Å²) in [6.45, 7) is 2.80. The number of ether oxygens (including phenoxy) is 1. The molecular formula is C23H20N2O4. The van der Waals surface area contributed by atoms with Crippen LogP contribution in [0.15, 0.2) is 86.8 Å². The third-order valence-corrected chi connectivity index (χ3v) is 4.28. The Bertz CT molecular complexity index is 1180. The highest BCUT2D eigenvalue weighted by atomic mass is 16.5. The van der Waals surface area contributed by atoms with Crippen molar-refractivity contribution in [1.82, 2.24) is 5.32 Å². The molecule has 6 nitrogen and oxygen atoms in total. The minimum atomic E-state index is -0.291. The molecule has 2 heterocycles. The summed E-state index contributed by atoms with van der Waals surface area (Å²) in [4.78, 5) is 17.4. The molecule has 0 aliphatic heterocycles. The second-order valence-electron chi connectivity index (χ2n) is 6.30. The fourth-order valence-corrected chi connectivity index (χ4v) is 2.89. The highest BCUT2D eigenvalue weighted by Gasteiger charge is 2.13. The van der Waals surface area contributed by atoms with Crippen LogP contribution in [0.1, 0.15) is 23.0 Å². The molecule has 0 saturated carbocycles. The molecule has 0 aliphatic carbocycles. The molecule has 0 radical (unpaired) electrons. The summed E-state index contributed by atoms with van der Waals surface area (Å²) in [5, 5.41) is 3.67. The van der Waals surface area contributed by atoms with E-state index in [1.807, 2.05) is 55.5 Å². The van der Waals surface area contributed by atoms with Crippen LogP contribution in [0.2, 0.25) is 0 Å². The van der Waals surface area contributed by atoms with Crippen molar-refractivity contribution < 1.29 is 18.4 Å². The lowest BCUT2D eigenvalue weighted by Gasteiger charge is -2.06. The van der Waals surface area contributed by atoms with Gasteiger partial charge in [-0.25, -0.2) is 4.99 Å². The molecule has 1 amide bonds. The van der Waals surface area contributed by atoms with Crippen LogP contribution in [0, 0.1) is 0 Å². The predicted molar refractivity (Wildman–Crippen MR) is 109 cm³/mol. The summed E-state index contributed by atoms with van der Waals surface area (Å²) in [5.41, 5.74) is 1.90. The van der Waals surface area contributed by atoms with Crippen molar-refractivity contribution in [2.45, 2.75) is 13.5 Å². The molecule has 0 spiro atoms. The number of carbonyl (C=O) groups is 1. The minimum Gasteiger partial charge on any atom is -0.494 e. The van der Waals surface area contributed by atoms with Gasteiger partial charge >= 0.3 is 0 Å². The number of fused-ring (bicyclic) bond motifs is 1. The Balaban J connectivity index is 1.72. The summed E-state index contributed by atoms with van der Waals surface area (Å²) >= 11 is 0. The van der Waals surface area contributed by atoms with E-state index in [1.54, 1.807) is 24.5 Å². The summed E-state index contributed by atoms with van der Waals surface area (Å²) < 4.78 is 16.7. The Morgan fingerprint density at radius 2 is 1.90 bits per heavy atom. The molecule has 4 aromatic rings. The van der Waals surface area contributed by atoms with Gasteiger partial charge in [0.25, 0.3) is 5.91 Å². The zero-order chi connectivity index (χ0) is 20.1. The fourth-order valence-electron chi connectivity index (χ4n) is 2.89. The summed E-state index contributed by atoms with van der Waals surface area (Å²) in [6.07, 6.45) is 1.57. The summed E-state index contributed by atoms with van der Waals surface area (Å²) in [6, 6.07) is 20.2. The van der Waals surface area contributed by atoms with E-state index in [0.717, 1.165) is 11.1 Å². The van der Waals surface area contributed by atoms with Crippen molar-refractivity contribution in [3.63, 3.8) is 0 Å². The number of benzene rings is 2. The molecule has 2 aromatic heterocycles. The molecule has 0 unspecified atom stereocenters. The molecule has 4 rings (SSSR count). The molecule has 0 fully saturated rings. The Hall–Kier alpha value is -3.80. The number of nitrogens with zero attached hydrogens (tertiary/aromatic N) is 1. The molecule has 0 bridgehead atoms. The first-order valence-corrected chi connectivity index (χ1v) is 9.34. The highest BCUT2D eigenvalue weighted by Crippen LogP contribution is 2.19. The van der Waals surface area contributed by atoms with Crippen LogP contribution in [0.25, 0.3) is 11.0 Å². The second-order valence-corrected chi connectivity index (χ2v) is 6.30. The van der Waals surface area contributed by atoms with Gasteiger partial charge in [-0.1, -0.05) is 18.2 Å². The Morgan fingerprint density at radius 1 is 1.07 bits per heavy atom. The average molecular weight is 388 g/mol. The Kier molecular flexibility index (Phi) is 5.42. The van der Waals surface area contributed by atoms with Gasteiger partial charge in [-0.3, -0.25) is 4.79 Å². The average Bonchev–Trinajstić information content (AvgIpc) is 3.27. The van der Waals surface area contributed by atoms with Gasteiger partial charge in [-0.2, -0.15) is 0 Å². The fraction of sp³-hybridized carbons (Fsp3) is 0.130. The smallest absolute Gasteiger partial charge is 0.257 e. The van der Waals surface area contributed by atoms with Crippen LogP contribution in [-0.2, 0) is 6.54 Å². The van der Waals surface area contributed by atoms with Crippen molar-refractivity contribution in [2.24, 2.45) is 4.99 Å². The van der Waals surface area contributed by atoms with Crippen molar-refractivity contribution in [3.05, 3.63) is 89.9 Å². The zero-order valence-corrected chi connectivity index (χ0v) is 15.9. The first-order chi connectivity index (χ1) is 14.2. The number of rotatable bonds is 6. The third kappa shape index (κ3) is 4.38. The third-order valence-electron chi connectivity index (χ3n) is 4.28. The lowest BCUT2D eigenvalue weighted by atomic mass is 10.1. The van der Waals surface area contributed by atoms with Gasteiger partial charge in [-0.05, 0) is 55.5 Å². The van der Waals surface area contributed by atoms with E-state index in [0.29, 0.717) is 29.2 Å². The topological polar surface area (TPSA) is 77.0 Å². The first kappa shape index (κ1) is 18.6. The van der Waals surface area contributed by atoms with Crippen LogP contribution in [-0.4, -0.2) is 12.5 Å². The molecule has 6 heteroatoms. The summed E-state index contributed by atoms with van der Waals surface area (Å²) in [7, 11) is 0. The summed E-state index contributed by atoms with van der Waals surface area (Å²) in [5.74, 6) is 1.14. The maximum absolute atomic E-state index is 12.8.